The number of nitrogen functional groups attached to an aromatic ring is 1. The Bertz CT molecular complexity index is 596. The molecule has 0 heterocycles. The van der Waals surface area contributed by atoms with Crippen LogP contribution in [0.5, 0.6) is 5.75 Å². The Morgan fingerprint density at radius 1 is 1.00 bits per heavy atom. The minimum absolute atomic E-state index is 0.0819. The van der Waals surface area contributed by atoms with E-state index in [1.807, 2.05) is 0 Å². The highest BCUT2D eigenvalue weighted by Gasteiger charge is 2.09. The molecule has 0 saturated carbocycles. The summed E-state index contributed by atoms with van der Waals surface area (Å²) in [4.78, 5) is 11.9. The number of phenolic OH excluding ortho intramolecular Hbond substituents is 1. The molecule has 0 bridgehead atoms. The number of aromatic hydroxyl groups is 1. The molecule has 102 valence electrons. The molecule has 0 fully saturated rings. The molecule has 0 spiro atoms. The molecule has 0 aliphatic heterocycles. The summed E-state index contributed by atoms with van der Waals surface area (Å²) in [5.74, 6) is -0.293. The van der Waals surface area contributed by atoms with Gasteiger partial charge >= 0.3 is 0 Å². The Morgan fingerprint density at radius 3 is 2.25 bits per heavy atom. The van der Waals surface area contributed by atoms with Crippen LogP contribution in [0.4, 0.5) is 5.69 Å². The van der Waals surface area contributed by atoms with E-state index in [0.717, 1.165) is 0 Å². The highest BCUT2D eigenvalue weighted by molar-refractivity contribution is 5.99. The average Bonchev–Trinajstić information content (AvgIpc) is 2.45. The maximum atomic E-state index is 11.9. The van der Waals surface area contributed by atoms with Gasteiger partial charge in [-0.05, 0) is 24.3 Å². The molecule has 5 heteroatoms. The summed E-state index contributed by atoms with van der Waals surface area (Å²) in [7, 11) is 0. The third-order valence-corrected chi connectivity index (χ3v) is 2.76. The van der Waals surface area contributed by atoms with Gasteiger partial charge in [-0.2, -0.15) is 0 Å². The third kappa shape index (κ3) is 2.89. The predicted octanol–water partition coefficient (Wildman–Crippen LogP) is 1.88. The number of hydrogen-bond acceptors (Lipinski definition) is 4. The average molecular weight is 269 g/mol. The van der Waals surface area contributed by atoms with Gasteiger partial charge < -0.3 is 10.8 Å². The van der Waals surface area contributed by atoms with Crippen molar-refractivity contribution in [3.05, 3.63) is 66.2 Å². The zero-order valence-electron chi connectivity index (χ0n) is 10.8. The Labute approximate surface area is 116 Å². The minimum atomic E-state index is -0.375. The molecule has 0 saturated heterocycles. The fraction of sp³-hybridized carbons (Fsp3) is 0. The number of amides is 1. The number of benzene rings is 2. The van der Waals surface area contributed by atoms with E-state index in [1.165, 1.54) is 0 Å². The van der Waals surface area contributed by atoms with Gasteiger partial charge in [-0.25, -0.2) is 0 Å². The second-order valence-corrected chi connectivity index (χ2v) is 4.16. The molecular weight excluding hydrogens is 254 g/mol. The predicted molar refractivity (Wildman–Crippen MR) is 78.6 cm³/mol. The van der Waals surface area contributed by atoms with Crippen LogP contribution in [0.15, 0.2) is 55.1 Å². The number of nitrogens with one attached hydrogen (secondary N) is 2. The highest BCUT2D eigenvalue weighted by atomic mass is 16.3. The van der Waals surface area contributed by atoms with Crippen LogP contribution in [0, 0.1) is 0 Å². The lowest BCUT2D eigenvalue weighted by Gasteiger charge is -2.13. The summed E-state index contributed by atoms with van der Waals surface area (Å²) in [6.07, 6.45) is 0. The lowest BCUT2D eigenvalue weighted by Crippen LogP contribution is -2.36. The summed E-state index contributed by atoms with van der Waals surface area (Å²) in [6, 6.07) is 13.4. The van der Waals surface area contributed by atoms with Crippen molar-refractivity contribution in [2.24, 2.45) is 0 Å². The molecule has 2 rings (SSSR count). The van der Waals surface area contributed by atoms with Crippen LogP contribution in [0.2, 0.25) is 0 Å². The highest BCUT2D eigenvalue weighted by Crippen LogP contribution is 2.20. The van der Waals surface area contributed by atoms with Crippen LogP contribution < -0.4 is 16.6 Å². The number of rotatable bonds is 4. The van der Waals surface area contributed by atoms with Gasteiger partial charge in [0.05, 0.1) is 11.3 Å². The molecule has 2 aromatic rings. The molecule has 0 aliphatic carbocycles. The standard InChI is InChI=1S/C15H15N3O2/c1-10(11-6-3-5-9-14(11)19)17-18-15(20)12-7-2-4-8-13(12)16/h2-9,17,19H,1,16H2,(H,18,20). The molecule has 0 radical (unpaired) electrons. The van der Waals surface area contributed by atoms with E-state index in [1.54, 1.807) is 48.5 Å². The molecule has 2 aromatic carbocycles. The van der Waals surface area contributed by atoms with Crippen molar-refractivity contribution in [3.8, 4) is 5.75 Å². The molecule has 0 aliphatic rings. The topological polar surface area (TPSA) is 87.4 Å². The maximum absolute atomic E-state index is 11.9. The molecule has 0 unspecified atom stereocenters. The van der Waals surface area contributed by atoms with Crippen molar-refractivity contribution in [1.82, 2.24) is 10.9 Å². The quantitative estimate of drug-likeness (QED) is 0.504. The summed E-state index contributed by atoms with van der Waals surface area (Å²) >= 11 is 0. The Kier molecular flexibility index (Phi) is 3.91. The number of carbonyl (C=O) groups is 1. The lowest BCUT2D eigenvalue weighted by molar-refractivity contribution is 0.0943. The summed E-state index contributed by atoms with van der Waals surface area (Å²) in [6.45, 7) is 3.76. The van der Waals surface area contributed by atoms with Crippen molar-refractivity contribution in [2.75, 3.05) is 5.73 Å². The van der Waals surface area contributed by atoms with Gasteiger partial charge in [-0.3, -0.25) is 15.6 Å². The van der Waals surface area contributed by atoms with Crippen LogP contribution in [-0.4, -0.2) is 11.0 Å². The van der Waals surface area contributed by atoms with Gasteiger partial charge in [-0.1, -0.05) is 30.8 Å². The molecule has 0 aromatic heterocycles. The van der Waals surface area contributed by atoms with Gasteiger partial charge in [0, 0.05) is 11.3 Å². The number of anilines is 1. The van der Waals surface area contributed by atoms with E-state index in [0.29, 0.717) is 22.5 Å². The molecule has 5 N–H and O–H groups in total. The normalized spacial score (nSPS) is 9.80. The van der Waals surface area contributed by atoms with Gasteiger partial charge in [-0.15, -0.1) is 0 Å². The van der Waals surface area contributed by atoms with Crippen LogP contribution >= 0.6 is 0 Å². The fourth-order valence-electron chi connectivity index (χ4n) is 1.70. The smallest absolute Gasteiger partial charge is 0.271 e. The largest absolute Gasteiger partial charge is 0.507 e. The van der Waals surface area contributed by atoms with Crippen molar-refractivity contribution in [1.29, 1.82) is 0 Å². The van der Waals surface area contributed by atoms with Crippen LogP contribution in [0.25, 0.3) is 5.70 Å². The minimum Gasteiger partial charge on any atom is -0.507 e. The first-order chi connectivity index (χ1) is 9.59. The number of nitrogens with two attached hydrogens (primary N) is 1. The van der Waals surface area contributed by atoms with E-state index in [9.17, 15) is 9.90 Å². The van der Waals surface area contributed by atoms with Gasteiger partial charge in [0.25, 0.3) is 5.91 Å². The van der Waals surface area contributed by atoms with Gasteiger partial charge in [0.2, 0.25) is 0 Å². The number of hydrogen-bond donors (Lipinski definition) is 4. The van der Waals surface area contributed by atoms with Crippen LogP contribution in [0.3, 0.4) is 0 Å². The molecule has 5 nitrogen and oxygen atoms in total. The van der Waals surface area contributed by atoms with Crippen LogP contribution in [0.1, 0.15) is 15.9 Å². The number of phenols is 1. The Balaban J connectivity index is 2.03. The third-order valence-electron chi connectivity index (χ3n) is 2.76. The summed E-state index contributed by atoms with van der Waals surface area (Å²) < 4.78 is 0. The second-order valence-electron chi connectivity index (χ2n) is 4.16. The maximum Gasteiger partial charge on any atom is 0.271 e. The van der Waals surface area contributed by atoms with Crippen molar-refractivity contribution in [2.45, 2.75) is 0 Å². The van der Waals surface area contributed by atoms with E-state index in [4.69, 9.17) is 5.73 Å². The van der Waals surface area contributed by atoms with E-state index < -0.39 is 0 Å². The zero-order valence-corrected chi connectivity index (χ0v) is 10.8. The number of para-hydroxylation sites is 2. The van der Waals surface area contributed by atoms with Crippen molar-refractivity contribution in [3.63, 3.8) is 0 Å². The van der Waals surface area contributed by atoms with Gasteiger partial charge in [0.15, 0.2) is 0 Å². The number of carbonyl (C=O) groups excluding carboxylic acids is 1. The monoisotopic (exact) mass is 269 g/mol. The van der Waals surface area contributed by atoms with E-state index in [2.05, 4.69) is 17.4 Å². The fourth-order valence-corrected chi connectivity index (χ4v) is 1.70. The number of hydrazine groups is 1. The van der Waals surface area contributed by atoms with E-state index >= 15 is 0 Å². The van der Waals surface area contributed by atoms with Crippen molar-refractivity contribution < 1.29 is 9.90 Å². The Morgan fingerprint density at radius 2 is 1.60 bits per heavy atom. The van der Waals surface area contributed by atoms with Gasteiger partial charge in [0.1, 0.15) is 5.75 Å². The second kappa shape index (κ2) is 5.79. The molecular formula is C15H15N3O2. The molecule has 20 heavy (non-hydrogen) atoms. The molecule has 0 atom stereocenters. The Hall–Kier alpha value is -2.95. The first-order valence-electron chi connectivity index (χ1n) is 5.97. The summed E-state index contributed by atoms with van der Waals surface area (Å²) in [5, 5.41) is 9.67. The van der Waals surface area contributed by atoms with E-state index in [-0.39, 0.29) is 11.7 Å². The van der Waals surface area contributed by atoms with Crippen molar-refractivity contribution >= 4 is 17.3 Å². The molecule has 1 amide bonds. The first-order valence-corrected chi connectivity index (χ1v) is 5.97. The van der Waals surface area contributed by atoms with Crippen LogP contribution in [-0.2, 0) is 0 Å². The first kappa shape index (κ1) is 13.5. The zero-order chi connectivity index (χ0) is 14.5. The lowest BCUT2D eigenvalue weighted by atomic mass is 10.1. The SMILES string of the molecule is C=C(NNC(=O)c1ccccc1N)c1ccccc1O. The summed E-state index contributed by atoms with van der Waals surface area (Å²) in [5.41, 5.74) is 12.5.